The van der Waals surface area contributed by atoms with Gasteiger partial charge in [-0.1, -0.05) is 0 Å². The molecule has 0 spiro atoms. The molecule has 0 bridgehead atoms. The molecule has 2 aromatic carbocycles. The molecule has 0 aliphatic carbocycles. The first-order chi connectivity index (χ1) is 12.6. The van der Waals surface area contributed by atoms with Gasteiger partial charge in [0.15, 0.2) is 0 Å². The van der Waals surface area contributed by atoms with E-state index in [1.165, 1.54) is 6.07 Å². The number of halogens is 3. The maximum absolute atomic E-state index is 12.6. The summed E-state index contributed by atoms with van der Waals surface area (Å²) < 4.78 is 65.0. The lowest BCUT2D eigenvalue weighted by Gasteiger charge is -2.19. The average molecular weight is 398 g/mol. The van der Waals surface area contributed by atoms with E-state index in [2.05, 4.69) is 4.72 Å². The van der Waals surface area contributed by atoms with Gasteiger partial charge in [-0.2, -0.15) is 13.2 Å². The molecule has 0 aromatic heterocycles. The number of amides is 1. The predicted molar refractivity (Wildman–Crippen MR) is 95.0 cm³/mol. The third-order valence-corrected chi connectivity index (χ3v) is 5.70. The number of benzene rings is 2. The first-order valence-corrected chi connectivity index (χ1v) is 9.67. The van der Waals surface area contributed by atoms with Gasteiger partial charge in [0.25, 0.3) is 10.0 Å². The zero-order valence-corrected chi connectivity index (χ0v) is 15.2. The van der Waals surface area contributed by atoms with E-state index in [-0.39, 0.29) is 16.5 Å². The fourth-order valence-corrected chi connectivity index (χ4v) is 4.01. The normalized spacial score (nSPS) is 15.3. The van der Waals surface area contributed by atoms with Crippen molar-refractivity contribution in [3.63, 3.8) is 0 Å². The van der Waals surface area contributed by atoms with Gasteiger partial charge in [0.2, 0.25) is 5.91 Å². The van der Waals surface area contributed by atoms with Crippen LogP contribution in [0.25, 0.3) is 0 Å². The van der Waals surface area contributed by atoms with Crippen molar-refractivity contribution in [3.05, 3.63) is 53.6 Å². The molecule has 9 heteroatoms. The Kier molecular flexibility index (Phi) is 4.90. The first-order valence-electron chi connectivity index (χ1n) is 8.19. The molecule has 27 heavy (non-hydrogen) atoms. The van der Waals surface area contributed by atoms with Gasteiger partial charge in [0, 0.05) is 24.3 Å². The number of nitrogens with one attached hydrogen (secondary N) is 1. The van der Waals surface area contributed by atoms with Gasteiger partial charge < -0.3 is 4.90 Å². The van der Waals surface area contributed by atoms with E-state index in [0.29, 0.717) is 13.0 Å². The van der Waals surface area contributed by atoms with Crippen LogP contribution < -0.4 is 9.62 Å². The molecule has 1 aliphatic rings. The van der Waals surface area contributed by atoms with Crippen molar-refractivity contribution in [2.75, 3.05) is 16.2 Å². The van der Waals surface area contributed by atoms with Crippen LogP contribution in [0.1, 0.15) is 24.0 Å². The van der Waals surface area contributed by atoms with Gasteiger partial charge >= 0.3 is 6.18 Å². The predicted octanol–water partition coefficient (Wildman–Crippen LogP) is 3.94. The van der Waals surface area contributed by atoms with Crippen LogP contribution in [0.5, 0.6) is 0 Å². The molecule has 1 saturated heterocycles. The maximum atomic E-state index is 12.6. The quantitative estimate of drug-likeness (QED) is 0.848. The van der Waals surface area contributed by atoms with Crippen LogP contribution >= 0.6 is 0 Å². The van der Waals surface area contributed by atoms with E-state index in [9.17, 15) is 26.4 Å². The third-order valence-electron chi connectivity index (χ3n) is 4.31. The van der Waals surface area contributed by atoms with Crippen LogP contribution in [-0.4, -0.2) is 20.9 Å². The maximum Gasteiger partial charge on any atom is 0.416 e. The van der Waals surface area contributed by atoms with Crippen LogP contribution in [-0.2, 0) is 21.0 Å². The molecule has 144 valence electrons. The molecule has 0 unspecified atom stereocenters. The second-order valence-corrected chi connectivity index (χ2v) is 7.96. The molecule has 0 saturated carbocycles. The second-order valence-electron chi connectivity index (χ2n) is 6.28. The molecule has 1 amide bonds. The molecular formula is C18H17F3N2O3S. The Morgan fingerprint density at radius 1 is 1.07 bits per heavy atom. The Hall–Kier alpha value is -2.55. The van der Waals surface area contributed by atoms with Crippen LogP contribution in [0.4, 0.5) is 24.5 Å². The fourth-order valence-electron chi connectivity index (χ4n) is 2.96. The van der Waals surface area contributed by atoms with Crippen molar-refractivity contribution in [2.45, 2.75) is 30.8 Å². The smallest absolute Gasteiger partial charge is 0.312 e. The van der Waals surface area contributed by atoms with E-state index in [1.807, 2.05) is 0 Å². The van der Waals surface area contributed by atoms with Gasteiger partial charge in [-0.25, -0.2) is 8.42 Å². The van der Waals surface area contributed by atoms with Crippen molar-refractivity contribution < 1.29 is 26.4 Å². The van der Waals surface area contributed by atoms with Crippen molar-refractivity contribution in [3.8, 4) is 0 Å². The summed E-state index contributed by atoms with van der Waals surface area (Å²) in [6.45, 7) is 2.38. The van der Waals surface area contributed by atoms with Crippen LogP contribution in [0.2, 0.25) is 0 Å². The summed E-state index contributed by atoms with van der Waals surface area (Å²) in [5.41, 5.74) is 0.785. The first kappa shape index (κ1) is 19.2. The molecule has 3 rings (SSSR count). The molecule has 1 aliphatic heterocycles. The van der Waals surface area contributed by atoms with Crippen LogP contribution in [0, 0.1) is 6.92 Å². The molecule has 0 atom stereocenters. The van der Waals surface area contributed by atoms with E-state index >= 15 is 0 Å². The number of carbonyl (C=O) groups is 1. The number of nitrogens with zero attached hydrogens (tertiary/aromatic N) is 1. The van der Waals surface area contributed by atoms with Gasteiger partial charge in [-0.15, -0.1) is 0 Å². The van der Waals surface area contributed by atoms with Crippen LogP contribution in [0.15, 0.2) is 47.4 Å². The minimum absolute atomic E-state index is 0.0242. The van der Waals surface area contributed by atoms with E-state index in [0.717, 1.165) is 41.9 Å². The summed E-state index contributed by atoms with van der Waals surface area (Å²) in [6.07, 6.45) is -3.27. The number of alkyl halides is 3. The molecule has 5 nitrogen and oxygen atoms in total. The van der Waals surface area contributed by atoms with E-state index < -0.39 is 21.8 Å². The highest BCUT2D eigenvalue weighted by Crippen LogP contribution is 2.31. The second kappa shape index (κ2) is 6.88. The fraction of sp³-hybridized carbons (Fsp3) is 0.278. The average Bonchev–Trinajstić information content (AvgIpc) is 3.00. The molecule has 1 N–H and O–H groups in total. The Labute approximate surface area is 154 Å². The topological polar surface area (TPSA) is 66.5 Å². The standard InChI is InChI=1S/C18H17F3N2O3S/c1-12-11-14(6-9-16(12)23-10-2-3-17(23)24)22-27(25,26)15-7-4-13(5-8-15)18(19,20)21/h4-9,11,22H,2-3,10H2,1H3. The lowest BCUT2D eigenvalue weighted by Crippen LogP contribution is -2.24. The minimum atomic E-state index is -4.53. The lowest BCUT2D eigenvalue weighted by atomic mass is 10.1. The highest BCUT2D eigenvalue weighted by atomic mass is 32.2. The Bertz CT molecular complexity index is 970. The summed E-state index contributed by atoms with van der Waals surface area (Å²) in [7, 11) is -4.03. The highest BCUT2D eigenvalue weighted by molar-refractivity contribution is 7.92. The number of carbonyl (C=O) groups excluding carboxylic acids is 1. The molecular weight excluding hydrogens is 381 g/mol. The molecule has 2 aromatic rings. The van der Waals surface area contributed by atoms with Gasteiger partial charge in [0.05, 0.1) is 10.5 Å². The summed E-state index contributed by atoms with van der Waals surface area (Å²) in [6, 6.07) is 8.04. The molecule has 1 fully saturated rings. The number of hydrogen-bond acceptors (Lipinski definition) is 3. The number of anilines is 2. The van der Waals surface area contributed by atoms with Crippen molar-refractivity contribution in [1.82, 2.24) is 0 Å². The summed E-state index contributed by atoms with van der Waals surface area (Å²) in [4.78, 5) is 13.2. The monoisotopic (exact) mass is 398 g/mol. The van der Waals surface area contributed by atoms with Crippen LogP contribution in [0.3, 0.4) is 0 Å². The third kappa shape index (κ3) is 4.08. The number of rotatable bonds is 4. The Morgan fingerprint density at radius 2 is 1.74 bits per heavy atom. The Balaban J connectivity index is 1.81. The molecule has 0 radical (unpaired) electrons. The number of sulfonamides is 1. The lowest BCUT2D eigenvalue weighted by molar-refractivity contribution is -0.137. The van der Waals surface area contributed by atoms with Gasteiger partial charge in [0.1, 0.15) is 0 Å². The van der Waals surface area contributed by atoms with Crippen molar-refractivity contribution in [2.24, 2.45) is 0 Å². The Morgan fingerprint density at radius 3 is 2.26 bits per heavy atom. The zero-order valence-electron chi connectivity index (χ0n) is 14.4. The number of hydrogen-bond donors (Lipinski definition) is 1. The summed E-state index contributed by atoms with van der Waals surface area (Å²) in [5, 5.41) is 0. The number of aryl methyl sites for hydroxylation is 1. The van der Waals surface area contributed by atoms with Gasteiger partial charge in [-0.3, -0.25) is 9.52 Å². The van der Waals surface area contributed by atoms with Crippen molar-refractivity contribution in [1.29, 1.82) is 0 Å². The van der Waals surface area contributed by atoms with Gasteiger partial charge in [-0.05, 0) is 61.4 Å². The largest absolute Gasteiger partial charge is 0.416 e. The summed E-state index contributed by atoms with van der Waals surface area (Å²) in [5.74, 6) is 0.0242. The van der Waals surface area contributed by atoms with E-state index in [1.54, 1.807) is 24.0 Å². The highest BCUT2D eigenvalue weighted by Gasteiger charge is 2.30. The van der Waals surface area contributed by atoms with Crippen molar-refractivity contribution >= 4 is 27.3 Å². The van der Waals surface area contributed by atoms with E-state index in [4.69, 9.17) is 0 Å². The minimum Gasteiger partial charge on any atom is -0.312 e. The summed E-state index contributed by atoms with van der Waals surface area (Å²) >= 11 is 0. The zero-order chi connectivity index (χ0) is 19.8. The molecule has 1 heterocycles. The SMILES string of the molecule is Cc1cc(NS(=O)(=O)c2ccc(C(F)(F)F)cc2)ccc1N1CCCC1=O.